The predicted octanol–water partition coefficient (Wildman–Crippen LogP) is 5.94. The van der Waals surface area contributed by atoms with Crippen LogP contribution in [0.2, 0.25) is 0 Å². The fourth-order valence-electron chi connectivity index (χ4n) is 17.2. The molecule has 7 aliphatic rings. The van der Waals surface area contributed by atoms with Crippen molar-refractivity contribution in [3.63, 3.8) is 0 Å². The van der Waals surface area contributed by atoms with Gasteiger partial charge in [0, 0.05) is 82.0 Å². The summed E-state index contributed by atoms with van der Waals surface area (Å²) in [5, 5.41) is 8.37. The van der Waals surface area contributed by atoms with Crippen molar-refractivity contribution in [3.05, 3.63) is 0 Å². The summed E-state index contributed by atoms with van der Waals surface area (Å²) in [5.74, 6) is -16.5. The monoisotopic (exact) mass is 1520 g/mol. The number of nitrogens with zero attached hydrogens (tertiary/aromatic N) is 9. The molecular formula is C73H114F8N12O13. The smallest absolute Gasteiger partial charge is 0.377 e. The normalized spacial score (nSPS) is 32.0. The number of amides is 12. The standard InChI is InChI=1S/C73H114F8N12O13/c1-13-42(5)60-68(103)87(9)41-58(96)89(11)52-24-19-20-33-92(67(52)102)54(36-43-25-28-46(29-26-43)72(76,77)78)66(101)86(8)40-56(94)82-50(30-27-44-34-48(74)59(49(75)35-44)73(79,80)81)64(99)93-39-47(106-16-4)37-53(93)63(98)84-71(31-21-32-71)70(105)90(12)61(45-22-17-18-23-45)69(104)91(15-3)55(65(100)85(6)7)38-57(95)88(10)51(14-2)62(97)83-60/h42-55,59-61H,13-41H2,1-12H3,(H,82,94)(H,83,97)(H,84,98)/t42-,43?,44?,46?,47+,48?,49?,50-,51-,52-,53-,54-,55-,59?,60-,61-/m0/s1. The maximum atomic E-state index is 15.6. The number of halogens is 8. The molecule has 4 saturated carbocycles. The summed E-state index contributed by atoms with van der Waals surface area (Å²) >= 11 is 0. The van der Waals surface area contributed by atoms with Crippen LogP contribution in [0.15, 0.2) is 0 Å². The van der Waals surface area contributed by atoms with E-state index in [2.05, 4.69) is 16.0 Å². The topological polar surface area (TPSA) is 279 Å². The van der Waals surface area contributed by atoms with Gasteiger partial charge in [0.15, 0.2) is 0 Å². The Morgan fingerprint density at radius 2 is 1.24 bits per heavy atom. The lowest BCUT2D eigenvalue weighted by Crippen LogP contribution is -2.68. The molecule has 12 atom stereocenters. The second-order valence-electron chi connectivity index (χ2n) is 31.1. The van der Waals surface area contributed by atoms with Crippen molar-refractivity contribution < 1.29 is 97.4 Å². The molecule has 7 fully saturated rings. The van der Waals surface area contributed by atoms with Crippen molar-refractivity contribution in [2.45, 2.75) is 267 Å². The van der Waals surface area contributed by atoms with Crippen LogP contribution in [0.3, 0.4) is 0 Å². The molecule has 25 nitrogen and oxygen atoms in total. The Kier molecular flexibility index (Phi) is 30.1. The SMILES string of the molecule is CCO[C@@H]1C[C@H]2C(=O)NC3(CCC3)C(=O)N(C)[C@@H](C3CCCC3)C(=O)N(CC)[C@H](C(=O)N(C)C)CC(=O)N(C)[C@@H](CC)C(=O)N[C@@H]([C@@H](C)CC)C(=O)N(C)CC(=O)N(C)[C@H]3CCCCN(C3=O)[C@@H](CC3CCC(C(F)(F)F)CC3)C(=O)N(C)CC(=O)N[C@@H](CCC3CC(F)C(C(F)(F)F)C(F)C3)C(=O)N2C1. The van der Waals surface area contributed by atoms with E-state index >= 15 is 37.5 Å². The van der Waals surface area contributed by atoms with E-state index in [0.717, 1.165) is 24.5 Å². The third-order valence-corrected chi connectivity index (χ3v) is 23.8. The van der Waals surface area contributed by atoms with Crippen LogP contribution in [0.25, 0.3) is 0 Å². The maximum Gasteiger partial charge on any atom is 0.397 e. The van der Waals surface area contributed by atoms with Crippen LogP contribution in [-0.4, -0.2) is 288 Å². The van der Waals surface area contributed by atoms with Crippen LogP contribution in [0, 0.1) is 35.5 Å². The summed E-state index contributed by atoms with van der Waals surface area (Å²) in [6, 6.07) is -11.2. The van der Waals surface area contributed by atoms with Gasteiger partial charge in [0.05, 0.1) is 31.5 Å². The summed E-state index contributed by atoms with van der Waals surface area (Å²) < 4.78 is 121. The Labute approximate surface area is 617 Å². The first-order chi connectivity index (χ1) is 49.7. The van der Waals surface area contributed by atoms with Gasteiger partial charge >= 0.3 is 12.4 Å². The van der Waals surface area contributed by atoms with E-state index in [1.165, 1.54) is 68.9 Å². The number of ether oxygens (including phenoxy) is 1. The van der Waals surface area contributed by atoms with Gasteiger partial charge in [0.2, 0.25) is 70.9 Å². The summed E-state index contributed by atoms with van der Waals surface area (Å²) in [6.45, 7) is 6.48. The van der Waals surface area contributed by atoms with E-state index in [1.54, 1.807) is 34.6 Å². The molecule has 3 saturated heterocycles. The molecule has 3 aliphatic heterocycles. The molecular weight excluding hydrogens is 1400 g/mol. The highest BCUT2D eigenvalue weighted by atomic mass is 19.4. The Balaban J connectivity index is 1.31. The zero-order valence-electron chi connectivity index (χ0n) is 63.7. The molecule has 0 aromatic rings. The first kappa shape index (κ1) is 86.3. The van der Waals surface area contributed by atoms with Crippen LogP contribution < -0.4 is 16.0 Å². The summed E-state index contributed by atoms with van der Waals surface area (Å²) in [4.78, 5) is 191. The van der Waals surface area contributed by atoms with Gasteiger partial charge in [-0.25, -0.2) is 8.78 Å². The number of hydrogen-bond donors (Lipinski definition) is 3. The molecule has 106 heavy (non-hydrogen) atoms. The second kappa shape index (κ2) is 37.0. The highest BCUT2D eigenvalue weighted by Crippen LogP contribution is 2.46. The minimum absolute atomic E-state index is 0.00451. The number of hydrogen-bond acceptors (Lipinski definition) is 13. The minimum atomic E-state index is -5.21. The molecule has 0 aromatic carbocycles. The van der Waals surface area contributed by atoms with Gasteiger partial charge < -0.3 is 64.8 Å². The lowest BCUT2D eigenvalue weighted by Gasteiger charge is -2.47. The molecule has 12 amide bonds. The zero-order chi connectivity index (χ0) is 78.8. The highest BCUT2D eigenvalue weighted by Gasteiger charge is 2.56. The minimum Gasteiger partial charge on any atom is -0.377 e. The number of rotatable bonds is 13. The van der Waals surface area contributed by atoms with Crippen LogP contribution in [0.5, 0.6) is 0 Å². The van der Waals surface area contributed by atoms with Crippen molar-refractivity contribution in [3.8, 4) is 0 Å². The second-order valence-corrected chi connectivity index (χ2v) is 31.1. The van der Waals surface area contributed by atoms with E-state index in [4.69, 9.17) is 4.74 Å². The predicted molar refractivity (Wildman–Crippen MR) is 372 cm³/mol. The fourth-order valence-corrected chi connectivity index (χ4v) is 17.2. The number of carbonyl (C=O) groups is 12. The molecule has 2 unspecified atom stereocenters. The molecule has 3 N–H and O–H groups in total. The number of alkyl halides is 8. The van der Waals surface area contributed by atoms with Gasteiger partial charge in [-0.3, -0.25) is 57.5 Å². The molecule has 33 heteroatoms. The van der Waals surface area contributed by atoms with Gasteiger partial charge in [0.25, 0.3) is 0 Å². The Hall–Kier alpha value is -6.96. The molecule has 0 radical (unpaired) electrons. The molecule has 2 bridgehead atoms. The van der Waals surface area contributed by atoms with Gasteiger partial charge in [-0.1, -0.05) is 40.0 Å². The van der Waals surface area contributed by atoms with Crippen LogP contribution in [0.1, 0.15) is 182 Å². The first-order valence-electron chi connectivity index (χ1n) is 38.1. The summed E-state index contributed by atoms with van der Waals surface area (Å²) in [5.41, 5.74) is -1.69. The number of fused-ring (bicyclic) bond motifs is 3. The third kappa shape index (κ3) is 20.3. The summed E-state index contributed by atoms with van der Waals surface area (Å²) in [7, 11) is 9.56. The van der Waals surface area contributed by atoms with E-state index in [1.807, 2.05) is 0 Å². The van der Waals surface area contributed by atoms with Crippen molar-refractivity contribution in [1.29, 1.82) is 0 Å². The van der Waals surface area contributed by atoms with Crippen molar-refractivity contribution in [2.75, 3.05) is 88.7 Å². The van der Waals surface area contributed by atoms with Crippen molar-refractivity contribution in [1.82, 2.24) is 60.0 Å². The zero-order valence-corrected chi connectivity index (χ0v) is 63.7. The van der Waals surface area contributed by atoms with Gasteiger partial charge in [-0.05, 0) is 153 Å². The molecule has 7 rings (SSSR count). The van der Waals surface area contributed by atoms with E-state index in [-0.39, 0.29) is 103 Å². The van der Waals surface area contributed by atoms with Crippen LogP contribution >= 0.6 is 0 Å². The van der Waals surface area contributed by atoms with Gasteiger partial charge in [-0.15, -0.1) is 0 Å². The molecule has 0 aromatic heterocycles. The van der Waals surface area contributed by atoms with Gasteiger partial charge in [0.1, 0.15) is 72.1 Å². The highest BCUT2D eigenvalue weighted by molar-refractivity contribution is 6.01. The fraction of sp³-hybridized carbons (Fsp3) is 0.836. The maximum absolute atomic E-state index is 15.6. The number of likely N-dealkylation sites (N-methyl/N-ethyl adjacent to an activating group) is 7. The van der Waals surface area contributed by atoms with Crippen LogP contribution in [0.4, 0.5) is 35.1 Å². The first-order valence-corrected chi connectivity index (χ1v) is 38.1. The van der Waals surface area contributed by atoms with Crippen molar-refractivity contribution >= 4 is 70.9 Å². The average Bonchev–Trinajstić information content (AvgIpc) is 1.11. The number of nitrogens with one attached hydrogen (secondary N) is 3. The van der Waals surface area contributed by atoms with E-state index in [0.29, 0.717) is 44.9 Å². The molecule has 3 heterocycles. The molecule has 4 aliphatic carbocycles. The number of carbonyl (C=O) groups excluding carboxylic acids is 12. The average molecular weight is 1520 g/mol. The Morgan fingerprint density at radius 3 is 1.78 bits per heavy atom. The van der Waals surface area contributed by atoms with Crippen LogP contribution in [-0.2, 0) is 62.3 Å². The molecule has 600 valence electrons. The lowest BCUT2D eigenvalue weighted by atomic mass is 9.74. The Bertz CT molecular complexity index is 3120. The lowest BCUT2D eigenvalue weighted by molar-refractivity contribution is -0.219. The Morgan fingerprint density at radius 1 is 0.623 bits per heavy atom. The van der Waals surface area contributed by atoms with E-state index < -0.39 is 230 Å². The third-order valence-electron chi connectivity index (χ3n) is 23.8. The van der Waals surface area contributed by atoms with E-state index in [9.17, 15) is 55.1 Å². The van der Waals surface area contributed by atoms with Crippen molar-refractivity contribution in [2.24, 2.45) is 35.5 Å². The summed E-state index contributed by atoms with van der Waals surface area (Å²) in [6.07, 6.45) is -15.8. The largest absolute Gasteiger partial charge is 0.397 e. The molecule has 1 spiro atoms. The quantitative estimate of drug-likeness (QED) is 0.180. The van der Waals surface area contributed by atoms with Gasteiger partial charge in [-0.2, -0.15) is 26.3 Å².